The van der Waals surface area contributed by atoms with Gasteiger partial charge in [0.05, 0.1) is 5.69 Å². The highest BCUT2D eigenvalue weighted by Gasteiger charge is 2.43. The Morgan fingerprint density at radius 1 is 1.25 bits per heavy atom. The normalized spacial score (nSPS) is 22.9. The van der Waals surface area contributed by atoms with E-state index in [0.29, 0.717) is 12.3 Å². The maximum absolute atomic E-state index is 13.2. The van der Waals surface area contributed by atoms with Crippen LogP contribution in [0.4, 0.5) is 0 Å². The Hall–Kier alpha value is -2.53. The molecule has 2 aliphatic heterocycles. The molecule has 1 unspecified atom stereocenters. The molecule has 2 saturated heterocycles. The maximum Gasteiger partial charge on any atom is 0.243 e. The molecule has 5 heteroatoms. The summed E-state index contributed by atoms with van der Waals surface area (Å²) in [6.45, 7) is 6.30. The van der Waals surface area contributed by atoms with Crippen LogP contribution in [0, 0.1) is 0 Å². The van der Waals surface area contributed by atoms with Gasteiger partial charge in [0, 0.05) is 30.8 Å². The van der Waals surface area contributed by atoms with E-state index in [1.54, 1.807) is 0 Å². The SMILES string of the molecule is C=CCC1(C(=O)N2CCC(c3nccc(-c4ccccc4)n3)CC2)CCCN1. The summed E-state index contributed by atoms with van der Waals surface area (Å²) in [5.74, 6) is 1.44. The average molecular weight is 377 g/mol. The maximum atomic E-state index is 13.2. The average Bonchev–Trinajstić information content (AvgIpc) is 3.24. The lowest BCUT2D eigenvalue weighted by atomic mass is 9.89. The lowest BCUT2D eigenvalue weighted by Crippen LogP contribution is -2.56. The van der Waals surface area contributed by atoms with Crippen molar-refractivity contribution in [2.24, 2.45) is 0 Å². The number of nitrogens with one attached hydrogen (secondary N) is 1. The van der Waals surface area contributed by atoms with Crippen molar-refractivity contribution < 1.29 is 4.79 Å². The first-order valence-corrected chi connectivity index (χ1v) is 10.3. The summed E-state index contributed by atoms with van der Waals surface area (Å²) >= 11 is 0. The standard InChI is InChI=1S/C23H28N4O/c1-2-12-23(13-6-14-25-23)22(28)27-16-10-19(11-17-27)21-24-15-9-20(26-21)18-7-4-3-5-8-18/h2-5,7-9,15,19,25H,1,6,10-14,16-17H2. The van der Waals surface area contributed by atoms with Crippen molar-refractivity contribution in [1.29, 1.82) is 0 Å². The lowest BCUT2D eigenvalue weighted by molar-refractivity contribution is -0.138. The third-order valence-corrected chi connectivity index (χ3v) is 6.04. The molecule has 2 aromatic rings. The number of nitrogens with zero attached hydrogens (tertiary/aromatic N) is 3. The highest BCUT2D eigenvalue weighted by atomic mass is 16.2. The van der Waals surface area contributed by atoms with E-state index in [4.69, 9.17) is 4.98 Å². The topological polar surface area (TPSA) is 58.1 Å². The lowest BCUT2D eigenvalue weighted by Gasteiger charge is -2.38. The number of carbonyl (C=O) groups is 1. The minimum atomic E-state index is -0.432. The second-order valence-electron chi connectivity index (χ2n) is 7.84. The summed E-state index contributed by atoms with van der Waals surface area (Å²) in [4.78, 5) is 24.6. The van der Waals surface area contributed by atoms with Crippen molar-refractivity contribution in [3.05, 3.63) is 61.1 Å². The molecule has 3 heterocycles. The zero-order chi connectivity index (χ0) is 19.4. The van der Waals surface area contributed by atoms with Crippen LogP contribution in [0.15, 0.2) is 55.3 Å². The Bertz CT molecular complexity index is 822. The van der Waals surface area contributed by atoms with Gasteiger partial charge in [-0.3, -0.25) is 4.79 Å². The fourth-order valence-corrected chi connectivity index (χ4v) is 4.48. The van der Waals surface area contributed by atoms with Gasteiger partial charge in [-0.2, -0.15) is 0 Å². The largest absolute Gasteiger partial charge is 0.341 e. The molecule has 2 fully saturated rings. The molecule has 0 aliphatic carbocycles. The molecule has 1 N–H and O–H groups in total. The number of rotatable bonds is 5. The molecule has 0 radical (unpaired) electrons. The Kier molecular flexibility index (Phi) is 5.53. The predicted molar refractivity (Wildman–Crippen MR) is 111 cm³/mol. The van der Waals surface area contributed by atoms with E-state index in [0.717, 1.165) is 62.4 Å². The molecule has 4 rings (SSSR count). The quantitative estimate of drug-likeness (QED) is 0.811. The molecule has 0 saturated carbocycles. The van der Waals surface area contributed by atoms with Gasteiger partial charge in [0.1, 0.15) is 11.4 Å². The number of likely N-dealkylation sites (tertiary alicyclic amines) is 1. The molecule has 1 aromatic heterocycles. The highest BCUT2D eigenvalue weighted by molar-refractivity contribution is 5.87. The fraction of sp³-hybridized carbons (Fsp3) is 0.435. The molecule has 5 nitrogen and oxygen atoms in total. The van der Waals surface area contributed by atoms with Crippen molar-refractivity contribution in [1.82, 2.24) is 20.2 Å². The fourth-order valence-electron chi connectivity index (χ4n) is 4.48. The number of aromatic nitrogens is 2. The molecule has 146 valence electrons. The zero-order valence-electron chi connectivity index (χ0n) is 16.3. The van der Waals surface area contributed by atoms with Crippen molar-refractivity contribution in [3.8, 4) is 11.3 Å². The number of amides is 1. The third-order valence-electron chi connectivity index (χ3n) is 6.04. The van der Waals surface area contributed by atoms with E-state index in [9.17, 15) is 4.79 Å². The number of hydrogen-bond acceptors (Lipinski definition) is 4. The Labute approximate surface area is 166 Å². The van der Waals surface area contributed by atoms with Gasteiger partial charge >= 0.3 is 0 Å². The Morgan fingerprint density at radius 2 is 2.04 bits per heavy atom. The summed E-state index contributed by atoms with van der Waals surface area (Å²) < 4.78 is 0. The van der Waals surface area contributed by atoms with Gasteiger partial charge < -0.3 is 10.2 Å². The van der Waals surface area contributed by atoms with Crippen LogP contribution in [0.3, 0.4) is 0 Å². The van der Waals surface area contributed by atoms with Gasteiger partial charge in [0.25, 0.3) is 0 Å². The van der Waals surface area contributed by atoms with Crippen LogP contribution >= 0.6 is 0 Å². The number of piperidine rings is 1. The number of carbonyl (C=O) groups excluding carboxylic acids is 1. The van der Waals surface area contributed by atoms with Gasteiger partial charge in [-0.1, -0.05) is 36.4 Å². The summed E-state index contributed by atoms with van der Waals surface area (Å²) in [5, 5.41) is 3.45. The van der Waals surface area contributed by atoms with Crippen molar-refractivity contribution in [2.45, 2.75) is 43.6 Å². The molecule has 1 atom stereocenters. The molecule has 2 aliphatic rings. The van der Waals surface area contributed by atoms with Crippen LogP contribution in [0.5, 0.6) is 0 Å². The molecule has 0 bridgehead atoms. The Balaban J connectivity index is 1.43. The van der Waals surface area contributed by atoms with Gasteiger partial charge in [0.2, 0.25) is 5.91 Å². The molecular formula is C23H28N4O. The summed E-state index contributed by atoms with van der Waals surface area (Å²) in [6.07, 6.45) is 8.20. The van der Waals surface area contributed by atoms with Crippen LogP contribution in [-0.2, 0) is 4.79 Å². The summed E-state index contributed by atoms with van der Waals surface area (Å²) in [6, 6.07) is 12.2. The van der Waals surface area contributed by atoms with E-state index in [1.807, 2.05) is 41.4 Å². The first kappa shape index (κ1) is 18.8. The predicted octanol–water partition coefficient (Wildman–Crippen LogP) is 3.55. The summed E-state index contributed by atoms with van der Waals surface area (Å²) in [7, 11) is 0. The van der Waals surface area contributed by atoms with Crippen LogP contribution in [-0.4, -0.2) is 45.9 Å². The Morgan fingerprint density at radius 3 is 2.71 bits per heavy atom. The van der Waals surface area contributed by atoms with Crippen LogP contribution in [0.1, 0.15) is 43.8 Å². The minimum Gasteiger partial charge on any atom is -0.341 e. The van der Waals surface area contributed by atoms with Crippen molar-refractivity contribution in [3.63, 3.8) is 0 Å². The van der Waals surface area contributed by atoms with Crippen molar-refractivity contribution in [2.75, 3.05) is 19.6 Å². The van der Waals surface area contributed by atoms with Crippen LogP contribution in [0.2, 0.25) is 0 Å². The van der Waals surface area contributed by atoms with Crippen LogP contribution in [0.25, 0.3) is 11.3 Å². The smallest absolute Gasteiger partial charge is 0.243 e. The summed E-state index contributed by atoms with van der Waals surface area (Å²) in [5.41, 5.74) is 1.64. The monoisotopic (exact) mass is 376 g/mol. The third kappa shape index (κ3) is 3.72. The van der Waals surface area contributed by atoms with Crippen LogP contribution < -0.4 is 5.32 Å². The van der Waals surface area contributed by atoms with E-state index in [1.165, 1.54) is 0 Å². The molecule has 28 heavy (non-hydrogen) atoms. The highest BCUT2D eigenvalue weighted by Crippen LogP contribution is 2.31. The van der Waals surface area contributed by atoms with Gasteiger partial charge in [-0.15, -0.1) is 6.58 Å². The number of hydrogen-bond donors (Lipinski definition) is 1. The molecule has 0 spiro atoms. The molecule has 1 amide bonds. The van der Waals surface area contributed by atoms with Gasteiger partial charge in [-0.05, 0) is 44.7 Å². The first-order valence-electron chi connectivity index (χ1n) is 10.3. The number of benzene rings is 1. The van der Waals surface area contributed by atoms with E-state index >= 15 is 0 Å². The molecular weight excluding hydrogens is 348 g/mol. The van der Waals surface area contributed by atoms with Crippen molar-refractivity contribution >= 4 is 5.91 Å². The van der Waals surface area contributed by atoms with E-state index in [-0.39, 0.29) is 5.91 Å². The van der Waals surface area contributed by atoms with E-state index in [2.05, 4.69) is 29.0 Å². The molecule has 1 aromatic carbocycles. The second kappa shape index (κ2) is 8.23. The second-order valence-corrected chi connectivity index (χ2v) is 7.84. The first-order chi connectivity index (χ1) is 13.7. The van der Waals surface area contributed by atoms with E-state index < -0.39 is 5.54 Å². The van der Waals surface area contributed by atoms with Gasteiger partial charge in [0.15, 0.2) is 0 Å². The zero-order valence-corrected chi connectivity index (χ0v) is 16.3. The van der Waals surface area contributed by atoms with Gasteiger partial charge in [-0.25, -0.2) is 9.97 Å². The minimum absolute atomic E-state index is 0.238.